The van der Waals surface area contributed by atoms with Crippen molar-refractivity contribution in [3.8, 4) is 0 Å². The highest BCUT2D eigenvalue weighted by Gasteiger charge is 2.24. The molecule has 0 aliphatic carbocycles. The molecular formula is C28H29NO4. The van der Waals surface area contributed by atoms with Crippen LogP contribution in [0.5, 0.6) is 0 Å². The molecule has 1 N–H and O–H groups in total. The first-order valence-electron chi connectivity index (χ1n) is 11.1. The molecule has 5 heteroatoms. The van der Waals surface area contributed by atoms with Crippen LogP contribution in [-0.2, 0) is 32.1 Å². The molecule has 0 aliphatic rings. The zero-order valence-electron chi connectivity index (χ0n) is 19.0. The molecular weight excluding hydrogens is 414 g/mol. The molecule has 0 heterocycles. The second kappa shape index (κ2) is 11.1. The summed E-state index contributed by atoms with van der Waals surface area (Å²) in [6, 6.07) is 28.5. The van der Waals surface area contributed by atoms with E-state index in [1.165, 1.54) is 30.4 Å². The van der Waals surface area contributed by atoms with Crippen LogP contribution >= 0.6 is 0 Å². The lowest BCUT2D eigenvalue weighted by molar-refractivity contribution is -0.276. The van der Waals surface area contributed by atoms with Gasteiger partial charge in [0.2, 0.25) is 0 Å². The summed E-state index contributed by atoms with van der Waals surface area (Å²) in [7, 11) is 2.90. The molecule has 0 saturated heterocycles. The topological polar surface area (TPSA) is 56.8 Å². The molecule has 0 fully saturated rings. The minimum absolute atomic E-state index is 0.143. The summed E-state index contributed by atoms with van der Waals surface area (Å²) in [5, 5.41) is 8.15. The molecule has 0 amide bonds. The highest BCUT2D eigenvalue weighted by molar-refractivity contribution is 5.84. The Balaban J connectivity index is 1.53. The second-order valence-corrected chi connectivity index (χ2v) is 8.16. The van der Waals surface area contributed by atoms with E-state index in [0.717, 1.165) is 16.5 Å². The molecule has 0 radical (unpaired) electrons. The molecule has 2 atom stereocenters. The summed E-state index contributed by atoms with van der Waals surface area (Å²) < 4.78 is 5.11. The van der Waals surface area contributed by atoms with Crippen LogP contribution in [0.15, 0.2) is 84.9 Å². The minimum atomic E-state index is -0.512. The first kappa shape index (κ1) is 22.9. The van der Waals surface area contributed by atoms with Gasteiger partial charge in [0.25, 0.3) is 0 Å². The molecule has 0 bridgehead atoms. The predicted molar refractivity (Wildman–Crippen MR) is 131 cm³/mol. The Hall–Kier alpha value is -3.25. The van der Waals surface area contributed by atoms with Crippen molar-refractivity contribution >= 4 is 27.5 Å². The van der Waals surface area contributed by atoms with Gasteiger partial charge in [-0.15, -0.1) is 0 Å². The summed E-state index contributed by atoms with van der Waals surface area (Å²) in [5.74, 6) is -0.302. The van der Waals surface area contributed by atoms with Gasteiger partial charge in [-0.25, -0.2) is 9.78 Å². The Morgan fingerprint density at radius 2 is 1.30 bits per heavy atom. The third-order valence-corrected chi connectivity index (χ3v) is 5.86. The summed E-state index contributed by atoms with van der Waals surface area (Å²) in [5.41, 5.74) is 2.22. The highest BCUT2D eigenvalue weighted by Crippen LogP contribution is 2.19. The number of nitrogens with one attached hydrogen (secondary N) is 1. The molecule has 0 saturated carbocycles. The van der Waals surface area contributed by atoms with Crippen LogP contribution in [0.1, 0.15) is 11.1 Å². The summed E-state index contributed by atoms with van der Waals surface area (Å²) in [6.45, 7) is 0.300. The Morgan fingerprint density at radius 1 is 0.758 bits per heavy atom. The second-order valence-electron chi connectivity index (χ2n) is 8.16. The van der Waals surface area contributed by atoms with Crippen LogP contribution in [0.4, 0.5) is 0 Å². The first-order valence-corrected chi connectivity index (χ1v) is 11.1. The number of esters is 1. The lowest BCUT2D eigenvalue weighted by atomic mass is 9.99. The fourth-order valence-electron chi connectivity index (χ4n) is 4.20. The molecule has 0 aliphatic heterocycles. The Bertz CT molecular complexity index is 1220. The van der Waals surface area contributed by atoms with Gasteiger partial charge >= 0.3 is 5.97 Å². The monoisotopic (exact) mass is 443 g/mol. The number of hydrogen-bond acceptors (Lipinski definition) is 5. The standard InChI is InChI=1S/C28H29NO4/c1-31-28(30)27(18-21-12-14-23-8-4-6-10-25(23)16-21)29-26(19-33-32-2)17-20-11-13-22-7-3-5-9-24(22)15-20/h3-16,26-27,29H,17-19H2,1-2H3. The van der Waals surface area contributed by atoms with E-state index in [9.17, 15) is 4.79 Å². The van der Waals surface area contributed by atoms with E-state index in [0.29, 0.717) is 19.4 Å². The molecule has 2 unspecified atom stereocenters. The number of fused-ring (bicyclic) bond motifs is 2. The predicted octanol–water partition coefficient (Wildman–Crippen LogP) is 4.86. The number of rotatable bonds is 10. The SMILES string of the molecule is COOCC(Cc1ccc2ccccc2c1)NC(Cc1ccc2ccccc2c1)C(=O)OC. The fourth-order valence-corrected chi connectivity index (χ4v) is 4.20. The quantitative estimate of drug-likeness (QED) is 0.216. The van der Waals surface area contributed by atoms with Gasteiger partial charge in [-0.1, -0.05) is 84.9 Å². The smallest absolute Gasteiger partial charge is 0.323 e. The van der Waals surface area contributed by atoms with Gasteiger partial charge in [0.1, 0.15) is 6.04 Å². The van der Waals surface area contributed by atoms with Gasteiger partial charge in [-0.05, 0) is 45.5 Å². The minimum Gasteiger partial charge on any atom is -0.468 e. The van der Waals surface area contributed by atoms with Crippen molar-refractivity contribution in [2.24, 2.45) is 0 Å². The van der Waals surface area contributed by atoms with E-state index >= 15 is 0 Å². The van der Waals surface area contributed by atoms with E-state index in [4.69, 9.17) is 14.5 Å². The summed E-state index contributed by atoms with van der Waals surface area (Å²) in [6.07, 6.45) is 1.19. The third kappa shape index (κ3) is 5.96. The van der Waals surface area contributed by atoms with Crippen molar-refractivity contribution in [3.05, 3.63) is 96.1 Å². The third-order valence-electron chi connectivity index (χ3n) is 5.86. The van der Waals surface area contributed by atoms with Crippen LogP contribution in [0.3, 0.4) is 0 Å². The van der Waals surface area contributed by atoms with Gasteiger partial charge in [0.15, 0.2) is 0 Å². The van der Waals surface area contributed by atoms with Crippen molar-refractivity contribution in [2.45, 2.75) is 24.9 Å². The normalized spacial score (nSPS) is 13.2. The van der Waals surface area contributed by atoms with Crippen molar-refractivity contribution in [1.82, 2.24) is 5.32 Å². The van der Waals surface area contributed by atoms with E-state index in [2.05, 4.69) is 66.0 Å². The van der Waals surface area contributed by atoms with Crippen molar-refractivity contribution in [1.29, 1.82) is 0 Å². The number of ether oxygens (including phenoxy) is 1. The lowest BCUT2D eigenvalue weighted by Gasteiger charge is -2.24. The Morgan fingerprint density at radius 3 is 1.85 bits per heavy atom. The van der Waals surface area contributed by atoms with Crippen molar-refractivity contribution < 1.29 is 19.3 Å². The van der Waals surface area contributed by atoms with E-state index in [1.54, 1.807) is 0 Å². The van der Waals surface area contributed by atoms with Crippen LogP contribution in [0.25, 0.3) is 21.5 Å². The largest absolute Gasteiger partial charge is 0.468 e. The maximum Gasteiger partial charge on any atom is 0.323 e. The number of benzene rings is 4. The molecule has 5 nitrogen and oxygen atoms in total. The first-order chi connectivity index (χ1) is 16.2. The van der Waals surface area contributed by atoms with Gasteiger partial charge < -0.3 is 4.74 Å². The van der Waals surface area contributed by atoms with Gasteiger partial charge in [-0.3, -0.25) is 10.1 Å². The van der Waals surface area contributed by atoms with Gasteiger partial charge in [0, 0.05) is 6.04 Å². The lowest BCUT2D eigenvalue weighted by Crippen LogP contribution is -2.48. The molecule has 4 aromatic carbocycles. The van der Waals surface area contributed by atoms with Crippen LogP contribution in [0, 0.1) is 0 Å². The average Bonchev–Trinajstić information content (AvgIpc) is 2.86. The van der Waals surface area contributed by atoms with Crippen LogP contribution in [-0.4, -0.2) is 38.9 Å². The molecule has 33 heavy (non-hydrogen) atoms. The van der Waals surface area contributed by atoms with Crippen molar-refractivity contribution in [3.63, 3.8) is 0 Å². The molecule has 4 aromatic rings. The molecule has 170 valence electrons. The van der Waals surface area contributed by atoms with E-state index in [1.807, 2.05) is 24.3 Å². The van der Waals surface area contributed by atoms with Crippen LogP contribution < -0.4 is 5.32 Å². The zero-order chi connectivity index (χ0) is 23.0. The van der Waals surface area contributed by atoms with E-state index in [-0.39, 0.29) is 12.0 Å². The van der Waals surface area contributed by atoms with Gasteiger partial charge in [-0.2, -0.15) is 0 Å². The number of carbonyl (C=O) groups is 1. The molecule has 4 rings (SSSR count). The number of carbonyl (C=O) groups excluding carboxylic acids is 1. The number of methoxy groups -OCH3 is 1. The van der Waals surface area contributed by atoms with Crippen LogP contribution in [0.2, 0.25) is 0 Å². The zero-order valence-corrected chi connectivity index (χ0v) is 19.0. The van der Waals surface area contributed by atoms with Gasteiger partial charge in [0.05, 0.1) is 20.8 Å². The Kier molecular flexibility index (Phi) is 7.68. The summed E-state index contributed by atoms with van der Waals surface area (Å²) >= 11 is 0. The Labute approximate surface area is 194 Å². The fraction of sp³-hybridized carbons (Fsp3) is 0.250. The molecule has 0 spiro atoms. The highest BCUT2D eigenvalue weighted by atomic mass is 17.2. The summed E-state index contributed by atoms with van der Waals surface area (Å²) in [4.78, 5) is 22.8. The maximum absolute atomic E-state index is 12.7. The van der Waals surface area contributed by atoms with E-state index < -0.39 is 6.04 Å². The van der Waals surface area contributed by atoms with Crippen molar-refractivity contribution in [2.75, 3.05) is 20.8 Å². The number of hydrogen-bond donors (Lipinski definition) is 1. The maximum atomic E-state index is 12.7. The average molecular weight is 444 g/mol. The molecule has 0 aromatic heterocycles.